The number of ether oxygens (including phenoxy) is 2. The van der Waals surface area contributed by atoms with E-state index in [0.717, 1.165) is 0 Å². The molecule has 1 N–H and O–H groups in total. The molecule has 0 unspecified atom stereocenters. The Morgan fingerprint density at radius 1 is 1.35 bits per heavy atom. The number of nitrogens with one attached hydrogen (secondary N) is 1. The molecule has 5 nitrogen and oxygen atoms in total. The predicted octanol–water partition coefficient (Wildman–Crippen LogP) is 3.38. The minimum atomic E-state index is -0.938. The molecule has 1 aromatic carbocycles. The van der Waals surface area contributed by atoms with Gasteiger partial charge in [0.1, 0.15) is 5.75 Å². The largest absolute Gasteiger partial charge is 0.447 e. The summed E-state index contributed by atoms with van der Waals surface area (Å²) in [5.41, 5.74) is -0.488. The molecule has 0 atom stereocenters. The maximum atomic E-state index is 11.3. The highest BCUT2D eigenvalue weighted by molar-refractivity contribution is 6.61. The Morgan fingerprint density at radius 3 is 2.65 bits per heavy atom. The van der Waals surface area contributed by atoms with Crippen molar-refractivity contribution < 1.29 is 19.1 Å². The third kappa shape index (κ3) is 5.21. The Labute approximate surface area is 104 Å². The number of anilines is 1. The van der Waals surface area contributed by atoms with Gasteiger partial charge in [-0.25, -0.2) is 9.59 Å². The summed E-state index contributed by atoms with van der Waals surface area (Å²) in [6.07, 6.45) is -0.784. The van der Waals surface area contributed by atoms with Gasteiger partial charge in [-0.2, -0.15) is 0 Å². The van der Waals surface area contributed by atoms with Crippen LogP contribution < -0.4 is 10.1 Å². The Kier molecular flexibility index (Phi) is 4.78. The molecule has 0 aliphatic carbocycles. The second-order valence-electron chi connectivity index (χ2n) is 3.45. The smallest absolute Gasteiger partial charge is 0.411 e. The highest BCUT2D eigenvalue weighted by Crippen LogP contribution is 2.18. The van der Waals surface area contributed by atoms with Crippen LogP contribution in [0.5, 0.6) is 5.75 Å². The normalized spacial score (nSPS) is 9.88. The predicted molar refractivity (Wildman–Crippen MR) is 63.6 cm³/mol. The SMILES string of the molecule is CC(C)OC(=O)Nc1cccc(OC(=O)Cl)c1. The topological polar surface area (TPSA) is 64.6 Å². The molecule has 0 aliphatic heterocycles. The van der Waals surface area contributed by atoms with Crippen molar-refractivity contribution in [2.75, 3.05) is 5.32 Å². The van der Waals surface area contributed by atoms with E-state index in [1.165, 1.54) is 6.07 Å². The van der Waals surface area contributed by atoms with Crippen molar-refractivity contribution in [3.8, 4) is 5.75 Å². The van der Waals surface area contributed by atoms with E-state index in [2.05, 4.69) is 10.1 Å². The van der Waals surface area contributed by atoms with Gasteiger partial charge in [-0.1, -0.05) is 6.07 Å². The number of amides is 1. The summed E-state index contributed by atoms with van der Waals surface area (Å²) in [7, 11) is 0. The quantitative estimate of drug-likeness (QED) is 0.843. The van der Waals surface area contributed by atoms with Gasteiger partial charge in [0.2, 0.25) is 0 Å². The molecule has 17 heavy (non-hydrogen) atoms. The van der Waals surface area contributed by atoms with E-state index >= 15 is 0 Å². The number of carbonyl (C=O) groups is 2. The van der Waals surface area contributed by atoms with Gasteiger partial charge >= 0.3 is 11.5 Å². The molecular formula is C11H12ClNO4. The highest BCUT2D eigenvalue weighted by atomic mass is 35.5. The van der Waals surface area contributed by atoms with Crippen LogP contribution in [0.4, 0.5) is 15.3 Å². The van der Waals surface area contributed by atoms with Gasteiger partial charge in [-0.3, -0.25) is 5.32 Å². The van der Waals surface area contributed by atoms with E-state index in [1.807, 2.05) is 0 Å². The zero-order valence-electron chi connectivity index (χ0n) is 9.40. The molecule has 0 aliphatic rings. The molecule has 0 spiro atoms. The lowest BCUT2D eigenvalue weighted by molar-refractivity contribution is 0.130. The second-order valence-corrected chi connectivity index (χ2v) is 3.76. The van der Waals surface area contributed by atoms with Crippen molar-refractivity contribution in [2.45, 2.75) is 20.0 Å². The molecule has 0 heterocycles. The van der Waals surface area contributed by atoms with Crippen molar-refractivity contribution in [2.24, 2.45) is 0 Å². The minimum Gasteiger partial charge on any atom is -0.447 e. The van der Waals surface area contributed by atoms with E-state index < -0.39 is 11.5 Å². The van der Waals surface area contributed by atoms with Crippen LogP contribution in [-0.4, -0.2) is 17.6 Å². The molecular weight excluding hydrogens is 246 g/mol. The van der Waals surface area contributed by atoms with Crippen LogP contribution in [0, 0.1) is 0 Å². The van der Waals surface area contributed by atoms with Crippen LogP contribution in [0.3, 0.4) is 0 Å². The standard InChI is InChI=1S/C11H12ClNO4/c1-7(2)16-11(15)13-8-4-3-5-9(6-8)17-10(12)14/h3-7H,1-2H3,(H,13,15). The summed E-state index contributed by atoms with van der Waals surface area (Å²) in [5, 5.41) is 2.49. The van der Waals surface area contributed by atoms with E-state index in [-0.39, 0.29) is 11.9 Å². The molecule has 0 aromatic heterocycles. The lowest BCUT2D eigenvalue weighted by Crippen LogP contribution is -2.17. The number of halogens is 1. The molecule has 0 bridgehead atoms. The summed E-state index contributed by atoms with van der Waals surface area (Å²) in [4.78, 5) is 21.8. The van der Waals surface area contributed by atoms with Gasteiger partial charge in [-0.05, 0) is 26.0 Å². The van der Waals surface area contributed by atoms with Crippen LogP contribution in [0.25, 0.3) is 0 Å². The Bertz CT molecular complexity index is 420. The average Bonchev–Trinajstić information content (AvgIpc) is 2.14. The van der Waals surface area contributed by atoms with Crippen LogP contribution in [0.15, 0.2) is 24.3 Å². The van der Waals surface area contributed by atoms with Crippen molar-refractivity contribution in [1.29, 1.82) is 0 Å². The van der Waals surface area contributed by atoms with Crippen LogP contribution in [0.1, 0.15) is 13.8 Å². The molecule has 1 rings (SSSR count). The molecule has 6 heteroatoms. The molecule has 0 radical (unpaired) electrons. The lowest BCUT2D eigenvalue weighted by atomic mass is 10.3. The van der Waals surface area contributed by atoms with Gasteiger partial charge in [0.05, 0.1) is 6.10 Å². The maximum absolute atomic E-state index is 11.3. The third-order valence-corrected chi connectivity index (χ3v) is 1.70. The first kappa shape index (κ1) is 13.3. The van der Waals surface area contributed by atoms with E-state index in [9.17, 15) is 9.59 Å². The van der Waals surface area contributed by atoms with Crippen molar-refractivity contribution in [3.63, 3.8) is 0 Å². The van der Waals surface area contributed by atoms with Gasteiger partial charge in [0, 0.05) is 23.4 Å². The zero-order valence-corrected chi connectivity index (χ0v) is 10.2. The number of benzene rings is 1. The fraction of sp³-hybridized carbons (Fsp3) is 0.273. The van der Waals surface area contributed by atoms with Crippen LogP contribution in [0.2, 0.25) is 0 Å². The van der Waals surface area contributed by atoms with Gasteiger partial charge in [0.15, 0.2) is 0 Å². The first-order valence-electron chi connectivity index (χ1n) is 4.92. The maximum Gasteiger partial charge on any atom is 0.411 e. The van der Waals surface area contributed by atoms with E-state index in [4.69, 9.17) is 16.3 Å². The molecule has 1 amide bonds. The van der Waals surface area contributed by atoms with Gasteiger partial charge in [0.25, 0.3) is 0 Å². The molecule has 0 saturated carbocycles. The number of carbonyl (C=O) groups excluding carboxylic acids is 2. The van der Waals surface area contributed by atoms with Crippen molar-refractivity contribution >= 4 is 28.8 Å². The van der Waals surface area contributed by atoms with Crippen LogP contribution >= 0.6 is 11.6 Å². The summed E-state index contributed by atoms with van der Waals surface area (Å²) in [6.45, 7) is 3.48. The lowest BCUT2D eigenvalue weighted by Gasteiger charge is -2.09. The molecule has 0 saturated heterocycles. The summed E-state index contributed by atoms with van der Waals surface area (Å²) < 4.78 is 9.54. The summed E-state index contributed by atoms with van der Waals surface area (Å²) in [5.74, 6) is 0.243. The Balaban J connectivity index is 2.65. The third-order valence-electron chi connectivity index (χ3n) is 1.62. The number of hydrogen-bond donors (Lipinski definition) is 1. The van der Waals surface area contributed by atoms with Crippen molar-refractivity contribution in [1.82, 2.24) is 0 Å². The minimum absolute atomic E-state index is 0.209. The summed E-state index contributed by atoms with van der Waals surface area (Å²) in [6, 6.07) is 6.24. The second kappa shape index (κ2) is 6.10. The first-order valence-corrected chi connectivity index (χ1v) is 5.30. The van der Waals surface area contributed by atoms with Crippen LogP contribution in [-0.2, 0) is 4.74 Å². The molecule has 0 fully saturated rings. The molecule has 1 aromatic rings. The van der Waals surface area contributed by atoms with Crippen molar-refractivity contribution in [3.05, 3.63) is 24.3 Å². The number of hydrogen-bond acceptors (Lipinski definition) is 4. The first-order chi connectivity index (χ1) is 7.97. The van der Waals surface area contributed by atoms with E-state index in [1.54, 1.807) is 32.0 Å². The fourth-order valence-electron chi connectivity index (χ4n) is 1.09. The van der Waals surface area contributed by atoms with Gasteiger partial charge < -0.3 is 9.47 Å². The van der Waals surface area contributed by atoms with Gasteiger partial charge in [-0.15, -0.1) is 0 Å². The summed E-state index contributed by atoms with van der Waals surface area (Å²) >= 11 is 5.07. The number of rotatable bonds is 3. The zero-order chi connectivity index (χ0) is 12.8. The highest BCUT2D eigenvalue weighted by Gasteiger charge is 2.07. The Hall–Kier alpha value is -1.75. The Morgan fingerprint density at radius 2 is 2.06 bits per heavy atom. The fourth-order valence-corrected chi connectivity index (χ4v) is 1.18. The monoisotopic (exact) mass is 257 g/mol. The average molecular weight is 258 g/mol. The molecule has 92 valence electrons. The van der Waals surface area contributed by atoms with E-state index in [0.29, 0.717) is 5.69 Å².